The van der Waals surface area contributed by atoms with Gasteiger partial charge < -0.3 is 5.32 Å². The lowest BCUT2D eigenvalue weighted by atomic mass is 9.78. The van der Waals surface area contributed by atoms with Crippen molar-refractivity contribution in [2.75, 3.05) is 18.1 Å². The number of nitrogens with zero attached hydrogens (tertiary/aromatic N) is 1. The van der Waals surface area contributed by atoms with Gasteiger partial charge in [0.05, 0.1) is 12.3 Å². The average molecular weight is 286 g/mol. The van der Waals surface area contributed by atoms with E-state index >= 15 is 0 Å². The molecule has 2 rings (SSSR count). The number of carbonyl (C=O) groups is 1. The van der Waals surface area contributed by atoms with E-state index in [9.17, 15) is 4.79 Å². The maximum absolute atomic E-state index is 11.9. The first-order valence-electron chi connectivity index (χ1n) is 6.76. The summed E-state index contributed by atoms with van der Waals surface area (Å²) in [5.74, 6) is 3.09. The van der Waals surface area contributed by atoms with Gasteiger partial charge in [0.25, 0.3) is 0 Å². The highest BCUT2D eigenvalue weighted by Crippen LogP contribution is 2.29. The monoisotopic (exact) mass is 286 g/mol. The van der Waals surface area contributed by atoms with Crippen molar-refractivity contribution in [2.45, 2.75) is 39.2 Å². The smallest absolute Gasteiger partial charge is 0.230 e. The Morgan fingerprint density at radius 2 is 2.33 bits per heavy atom. The molecule has 1 fully saturated rings. The summed E-state index contributed by atoms with van der Waals surface area (Å²) >= 11 is 3.35. The fourth-order valence-electron chi connectivity index (χ4n) is 2.56. The molecule has 1 aliphatic heterocycles. The molecule has 5 heteroatoms. The van der Waals surface area contributed by atoms with Crippen molar-refractivity contribution in [1.29, 1.82) is 0 Å². The predicted octanol–water partition coefficient (Wildman–Crippen LogP) is 2.76. The molecule has 18 heavy (non-hydrogen) atoms. The number of hydrogen-bond donors (Lipinski definition) is 1. The summed E-state index contributed by atoms with van der Waals surface area (Å²) in [6.45, 7) is 5.46. The number of thioether (sulfide) groups is 2. The second-order valence-corrected chi connectivity index (χ2v) is 7.53. The topological polar surface area (TPSA) is 41.5 Å². The molecule has 3 atom stereocenters. The lowest BCUT2D eigenvalue weighted by Gasteiger charge is -2.34. The fraction of sp³-hybridized carbons (Fsp3) is 0.846. The van der Waals surface area contributed by atoms with Gasteiger partial charge in [-0.2, -0.15) is 0 Å². The SMILES string of the molecule is C[C@H]1[C@@H](NC(=O)CSC2=NCCS2)CCC[C@@H]1C. The van der Waals surface area contributed by atoms with Crippen molar-refractivity contribution in [2.24, 2.45) is 16.8 Å². The van der Waals surface area contributed by atoms with E-state index in [1.807, 2.05) is 0 Å². The van der Waals surface area contributed by atoms with E-state index in [1.165, 1.54) is 12.8 Å². The molecular formula is C13H22N2OS2. The quantitative estimate of drug-likeness (QED) is 0.867. The minimum Gasteiger partial charge on any atom is -0.352 e. The summed E-state index contributed by atoms with van der Waals surface area (Å²) in [6, 6.07) is 0.375. The molecule has 3 nitrogen and oxygen atoms in total. The zero-order valence-electron chi connectivity index (χ0n) is 11.1. The molecule has 0 spiro atoms. The standard InChI is InChI=1S/C13H22N2OS2/c1-9-4-3-5-11(10(9)2)15-12(16)8-18-13-14-6-7-17-13/h9-11H,3-8H2,1-2H3,(H,15,16)/t9-,10+,11-/m0/s1. The lowest BCUT2D eigenvalue weighted by Crippen LogP contribution is -2.44. The molecule has 0 aromatic rings. The van der Waals surface area contributed by atoms with Crippen molar-refractivity contribution < 1.29 is 4.79 Å². The summed E-state index contributed by atoms with van der Waals surface area (Å²) in [5, 5.41) is 3.20. The van der Waals surface area contributed by atoms with Crippen molar-refractivity contribution >= 4 is 33.8 Å². The van der Waals surface area contributed by atoms with Crippen LogP contribution in [0.15, 0.2) is 4.99 Å². The molecule has 0 saturated heterocycles. The van der Waals surface area contributed by atoms with E-state index in [1.54, 1.807) is 23.5 Å². The summed E-state index contributed by atoms with van der Waals surface area (Å²) < 4.78 is 1.08. The van der Waals surface area contributed by atoms with Crippen LogP contribution in [0, 0.1) is 11.8 Å². The number of nitrogens with one attached hydrogen (secondary N) is 1. The van der Waals surface area contributed by atoms with Gasteiger partial charge in [0.15, 0.2) is 0 Å². The van der Waals surface area contributed by atoms with Gasteiger partial charge in [0.1, 0.15) is 4.38 Å². The maximum atomic E-state index is 11.9. The molecule has 1 saturated carbocycles. The van der Waals surface area contributed by atoms with E-state index in [2.05, 4.69) is 24.2 Å². The summed E-state index contributed by atoms with van der Waals surface area (Å²) in [7, 11) is 0. The van der Waals surface area contributed by atoms with Gasteiger partial charge in [-0.05, 0) is 18.3 Å². The predicted molar refractivity (Wildman–Crippen MR) is 81.3 cm³/mol. The Bertz CT molecular complexity index is 333. The third kappa shape index (κ3) is 3.92. The number of hydrogen-bond acceptors (Lipinski definition) is 4. The van der Waals surface area contributed by atoms with Crippen LogP contribution in [-0.2, 0) is 4.79 Å². The summed E-state index contributed by atoms with van der Waals surface area (Å²) in [6.07, 6.45) is 3.68. The Labute approximate surface area is 118 Å². The van der Waals surface area contributed by atoms with Crippen LogP contribution in [0.1, 0.15) is 33.1 Å². The number of amides is 1. The largest absolute Gasteiger partial charge is 0.352 e. The third-order valence-corrected chi connectivity index (χ3v) is 6.19. The molecule has 1 N–H and O–H groups in total. The first-order chi connectivity index (χ1) is 8.66. The van der Waals surface area contributed by atoms with Crippen LogP contribution in [0.3, 0.4) is 0 Å². The van der Waals surface area contributed by atoms with Crippen LogP contribution in [0.25, 0.3) is 0 Å². The van der Waals surface area contributed by atoms with Gasteiger partial charge in [-0.15, -0.1) is 0 Å². The molecule has 0 bridgehead atoms. The van der Waals surface area contributed by atoms with Crippen molar-refractivity contribution in [3.8, 4) is 0 Å². The highest BCUT2D eigenvalue weighted by molar-refractivity contribution is 8.39. The van der Waals surface area contributed by atoms with Gasteiger partial charge >= 0.3 is 0 Å². The van der Waals surface area contributed by atoms with Gasteiger partial charge in [0.2, 0.25) is 5.91 Å². The third-order valence-electron chi connectivity index (χ3n) is 3.94. The highest BCUT2D eigenvalue weighted by atomic mass is 32.2. The maximum Gasteiger partial charge on any atom is 0.230 e. The van der Waals surface area contributed by atoms with E-state index < -0.39 is 0 Å². The van der Waals surface area contributed by atoms with E-state index in [0.717, 1.165) is 29.0 Å². The first kappa shape index (κ1) is 14.3. The molecule has 102 valence electrons. The number of rotatable bonds is 3. The Morgan fingerprint density at radius 3 is 3.06 bits per heavy atom. The highest BCUT2D eigenvalue weighted by Gasteiger charge is 2.28. The van der Waals surface area contributed by atoms with Gasteiger partial charge in [0, 0.05) is 11.8 Å². The van der Waals surface area contributed by atoms with Crippen molar-refractivity contribution in [3.05, 3.63) is 0 Å². The first-order valence-corrected chi connectivity index (χ1v) is 8.73. The minimum atomic E-state index is 0.168. The van der Waals surface area contributed by atoms with Crippen LogP contribution in [0.4, 0.5) is 0 Å². The van der Waals surface area contributed by atoms with Crippen LogP contribution >= 0.6 is 23.5 Å². The second-order valence-electron chi connectivity index (χ2n) is 5.23. The lowest BCUT2D eigenvalue weighted by molar-refractivity contribution is -0.119. The molecule has 1 heterocycles. The van der Waals surface area contributed by atoms with Gasteiger partial charge in [-0.1, -0.05) is 50.2 Å². The normalized spacial score (nSPS) is 32.1. The number of aliphatic imine (C=N–C) groups is 1. The summed E-state index contributed by atoms with van der Waals surface area (Å²) in [5.41, 5.74) is 0. The van der Waals surface area contributed by atoms with Crippen molar-refractivity contribution in [3.63, 3.8) is 0 Å². The van der Waals surface area contributed by atoms with Gasteiger partial charge in [-0.25, -0.2) is 0 Å². The second kappa shape index (κ2) is 6.85. The Morgan fingerprint density at radius 1 is 1.50 bits per heavy atom. The number of carbonyl (C=O) groups excluding carboxylic acids is 1. The van der Waals surface area contributed by atoms with Gasteiger partial charge in [-0.3, -0.25) is 9.79 Å². The average Bonchev–Trinajstić information content (AvgIpc) is 2.86. The van der Waals surface area contributed by atoms with E-state index in [4.69, 9.17) is 0 Å². The zero-order valence-corrected chi connectivity index (χ0v) is 12.8. The molecule has 0 aromatic heterocycles. The molecule has 2 aliphatic rings. The fourth-order valence-corrected chi connectivity index (χ4v) is 4.38. The van der Waals surface area contributed by atoms with Crippen LogP contribution in [-0.4, -0.2) is 34.4 Å². The van der Waals surface area contributed by atoms with Crippen molar-refractivity contribution in [1.82, 2.24) is 5.32 Å². The van der Waals surface area contributed by atoms with Crippen LogP contribution < -0.4 is 5.32 Å². The molecule has 0 aromatic carbocycles. The van der Waals surface area contributed by atoms with E-state index in [-0.39, 0.29) is 5.91 Å². The van der Waals surface area contributed by atoms with Crippen LogP contribution in [0.5, 0.6) is 0 Å². The zero-order chi connectivity index (χ0) is 13.0. The molecule has 1 amide bonds. The van der Waals surface area contributed by atoms with Crippen LogP contribution in [0.2, 0.25) is 0 Å². The summed E-state index contributed by atoms with van der Waals surface area (Å²) in [4.78, 5) is 16.3. The Balaban J connectivity index is 1.72. The van der Waals surface area contributed by atoms with E-state index in [0.29, 0.717) is 17.7 Å². The molecular weight excluding hydrogens is 264 g/mol. The molecule has 1 aliphatic carbocycles. The molecule has 0 radical (unpaired) electrons. The molecule has 0 unspecified atom stereocenters. The Hall–Kier alpha value is -0.160. The minimum absolute atomic E-state index is 0.168. The Kier molecular flexibility index (Phi) is 5.42.